The third-order valence-electron chi connectivity index (χ3n) is 1.66. The van der Waals surface area contributed by atoms with Gasteiger partial charge in [0.05, 0.1) is 6.07 Å². The van der Waals surface area contributed by atoms with Crippen LogP contribution in [0.1, 0.15) is 12.5 Å². The lowest BCUT2D eigenvalue weighted by Gasteiger charge is -1.99. The smallest absolute Gasteiger partial charge is 0.159 e. The van der Waals surface area contributed by atoms with Crippen LogP contribution in [0.15, 0.2) is 24.3 Å². The molecule has 0 aromatic heterocycles. The number of halogens is 2. The molecule has 0 heterocycles. The van der Waals surface area contributed by atoms with E-state index in [2.05, 4.69) is 0 Å². The van der Waals surface area contributed by atoms with E-state index in [0.717, 1.165) is 12.1 Å². The number of nitrogens with zero attached hydrogens (tertiary/aromatic N) is 1. The molecule has 13 heavy (non-hydrogen) atoms. The second kappa shape index (κ2) is 3.81. The molecule has 0 spiro atoms. The molecule has 0 N–H and O–H groups in total. The molecule has 0 aliphatic rings. The first-order valence-corrected chi connectivity index (χ1v) is 3.67. The molecule has 66 valence electrons. The Kier molecular flexibility index (Phi) is 2.76. The van der Waals surface area contributed by atoms with Crippen molar-refractivity contribution in [1.82, 2.24) is 0 Å². The molecule has 0 bridgehead atoms. The summed E-state index contributed by atoms with van der Waals surface area (Å²) in [5.74, 6) is -1.78. The van der Waals surface area contributed by atoms with Gasteiger partial charge in [0, 0.05) is 6.08 Å². The van der Waals surface area contributed by atoms with E-state index in [1.54, 1.807) is 6.92 Å². The van der Waals surface area contributed by atoms with Crippen LogP contribution in [0.3, 0.4) is 0 Å². The standard InChI is InChI=1S/C10H7F2N/c1-7(4-5-13)8-2-3-9(11)10(12)6-8/h2-4,6H,1H3/b7-4-. The average Bonchev–Trinajstić information content (AvgIpc) is 2.10. The maximum atomic E-state index is 12.7. The first-order valence-electron chi connectivity index (χ1n) is 3.67. The normalized spacial score (nSPS) is 11.1. The molecule has 0 radical (unpaired) electrons. The van der Waals surface area contributed by atoms with Crippen molar-refractivity contribution in [3.05, 3.63) is 41.5 Å². The maximum Gasteiger partial charge on any atom is 0.159 e. The van der Waals surface area contributed by atoms with Crippen molar-refractivity contribution >= 4 is 5.57 Å². The summed E-state index contributed by atoms with van der Waals surface area (Å²) in [6.07, 6.45) is 1.28. The van der Waals surface area contributed by atoms with Gasteiger partial charge < -0.3 is 0 Å². The number of hydrogen-bond acceptors (Lipinski definition) is 1. The molecule has 1 rings (SSSR count). The summed E-state index contributed by atoms with van der Waals surface area (Å²) in [5.41, 5.74) is 1.13. The van der Waals surface area contributed by atoms with Gasteiger partial charge in [-0.1, -0.05) is 6.07 Å². The van der Waals surface area contributed by atoms with Crippen molar-refractivity contribution in [1.29, 1.82) is 5.26 Å². The zero-order chi connectivity index (χ0) is 9.84. The Morgan fingerprint density at radius 3 is 2.62 bits per heavy atom. The van der Waals surface area contributed by atoms with E-state index in [4.69, 9.17) is 5.26 Å². The van der Waals surface area contributed by atoms with E-state index in [9.17, 15) is 8.78 Å². The van der Waals surface area contributed by atoms with Crippen LogP contribution >= 0.6 is 0 Å². The quantitative estimate of drug-likeness (QED) is 0.608. The highest BCUT2D eigenvalue weighted by Gasteiger charge is 2.02. The van der Waals surface area contributed by atoms with Crippen molar-refractivity contribution in [2.24, 2.45) is 0 Å². The second-order valence-corrected chi connectivity index (χ2v) is 2.59. The summed E-state index contributed by atoms with van der Waals surface area (Å²) >= 11 is 0. The number of allylic oxidation sites excluding steroid dienone is 2. The number of rotatable bonds is 1. The van der Waals surface area contributed by atoms with Gasteiger partial charge in [0.2, 0.25) is 0 Å². The van der Waals surface area contributed by atoms with Gasteiger partial charge in [-0.15, -0.1) is 0 Å². The topological polar surface area (TPSA) is 23.8 Å². The van der Waals surface area contributed by atoms with Crippen molar-refractivity contribution in [3.8, 4) is 6.07 Å². The highest BCUT2D eigenvalue weighted by atomic mass is 19.2. The van der Waals surface area contributed by atoms with Gasteiger partial charge in [0.1, 0.15) is 0 Å². The summed E-state index contributed by atoms with van der Waals surface area (Å²) in [5, 5.41) is 8.33. The molecule has 1 aromatic rings. The Labute approximate surface area is 74.9 Å². The van der Waals surface area contributed by atoms with Crippen molar-refractivity contribution < 1.29 is 8.78 Å². The van der Waals surface area contributed by atoms with E-state index in [1.807, 2.05) is 6.07 Å². The summed E-state index contributed by atoms with van der Waals surface area (Å²) in [6, 6.07) is 5.36. The Balaban J connectivity index is 3.13. The van der Waals surface area contributed by atoms with Gasteiger partial charge in [0.15, 0.2) is 11.6 Å². The lowest BCUT2D eigenvalue weighted by molar-refractivity contribution is 0.508. The zero-order valence-electron chi connectivity index (χ0n) is 7.01. The maximum absolute atomic E-state index is 12.7. The first kappa shape index (κ1) is 9.40. The average molecular weight is 179 g/mol. The molecular formula is C10H7F2N. The minimum atomic E-state index is -0.900. The van der Waals surface area contributed by atoms with Crippen LogP contribution in [0.4, 0.5) is 8.78 Å². The highest BCUT2D eigenvalue weighted by molar-refractivity contribution is 5.65. The largest absolute Gasteiger partial charge is 0.204 e. The Morgan fingerprint density at radius 1 is 1.38 bits per heavy atom. The number of benzene rings is 1. The third kappa shape index (κ3) is 2.12. The highest BCUT2D eigenvalue weighted by Crippen LogP contribution is 2.16. The van der Waals surface area contributed by atoms with Gasteiger partial charge in [-0.05, 0) is 30.2 Å². The van der Waals surface area contributed by atoms with Crippen LogP contribution < -0.4 is 0 Å². The molecule has 0 saturated heterocycles. The Hall–Kier alpha value is -1.69. The van der Waals surface area contributed by atoms with Gasteiger partial charge in [-0.25, -0.2) is 8.78 Å². The lowest BCUT2D eigenvalue weighted by Crippen LogP contribution is -1.86. The summed E-state index contributed by atoms with van der Waals surface area (Å²) < 4.78 is 25.2. The SMILES string of the molecule is C/C(=C/C#N)c1ccc(F)c(F)c1. The molecular weight excluding hydrogens is 172 g/mol. The molecule has 0 atom stereocenters. The van der Waals surface area contributed by atoms with Crippen LogP contribution in [0.2, 0.25) is 0 Å². The van der Waals surface area contributed by atoms with E-state index >= 15 is 0 Å². The fourth-order valence-electron chi connectivity index (χ4n) is 0.922. The Morgan fingerprint density at radius 2 is 2.08 bits per heavy atom. The monoisotopic (exact) mass is 179 g/mol. The molecule has 1 aromatic carbocycles. The van der Waals surface area contributed by atoms with E-state index in [1.165, 1.54) is 12.1 Å². The number of hydrogen-bond donors (Lipinski definition) is 0. The fraction of sp³-hybridized carbons (Fsp3) is 0.100. The molecule has 3 heteroatoms. The predicted molar refractivity (Wildman–Crippen MR) is 45.6 cm³/mol. The van der Waals surface area contributed by atoms with Gasteiger partial charge in [0.25, 0.3) is 0 Å². The second-order valence-electron chi connectivity index (χ2n) is 2.59. The molecule has 0 aliphatic heterocycles. The molecule has 0 amide bonds. The number of nitriles is 1. The molecule has 0 saturated carbocycles. The van der Waals surface area contributed by atoms with Gasteiger partial charge in [-0.2, -0.15) is 5.26 Å². The fourth-order valence-corrected chi connectivity index (χ4v) is 0.922. The van der Waals surface area contributed by atoms with Crippen molar-refractivity contribution in [3.63, 3.8) is 0 Å². The van der Waals surface area contributed by atoms with E-state index < -0.39 is 11.6 Å². The lowest BCUT2D eigenvalue weighted by atomic mass is 10.1. The minimum absolute atomic E-state index is 0.514. The predicted octanol–water partition coefficient (Wildman–Crippen LogP) is 2.89. The summed E-state index contributed by atoms with van der Waals surface area (Å²) in [7, 11) is 0. The van der Waals surface area contributed by atoms with Gasteiger partial charge in [-0.3, -0.25) is 0 Å². The molecule has 1 nitrogen and oxygen atoms in total. The minimum Gasteiger partial charge on any atom is -0.204 e. The van der Waals surface area contributed by atoms with E-state index in [-0.39, 0.29) is 0 Å². The summed E-state index contributed by atoms with van der Waals surface area (Å²) in [4.78, 5) is 0. The molecule has 0 aliphatic carbocycles. The van der Waals surface area contributed by atoms with Crippen LogP contribution in [0.25, 0.3) is 5.57 Å². The van der Waals surface area contributed by atoms with E-state index in [0.29, 0.717) is 11.1 Å². The Bertz CT molecular complexity index is 388. The molecule has 0 fully saturated rings. The van der Waals surface area contributed by atoms with Gasteiger partial charge >= 0.3 is 0 Å². The first-order chi connectivity index (χ1) is 6.15. The van der Waals surface area contributed by atoms with Crippen LogP contribution in [-0.4, -0.2) is 0 Å². The van der Waals surface area contributed by atoms with Crippen molar-refractivity contribution in [2.45, 2.75) is 6.92 Å². The van der Waals surface area contributed by atoms with Crippen LogP contribution in [0.5, 0.6) is 0 Å². The summed E-state index contributed by atoms with van der Waals surface area (Å²) in [6.45, 7) is 1.66. The van der Waals surface area contributed by atoms with Crippen molar-refractivity contribution in [2.75, 3.05) is 0 Å². The molecule has 0 unspecified atom stereocenters. The zero-order valence-corrected chi connectivity index (χ0v) is 7.01. The third-order valence-corrected chi connectivity index (χ3v) is 1.66. The van der Waals surface area contributed by atoms with Crippen LogP contribution in [0, 0.1) is 23.0 Å². The van der Waals surface area contributed by atoms with Crippen LogP contribution in [-0.2, 0) is 0 Å².